The number of rotatable bonds is 6. The zero-order valence-electron chi connectivity index (χ0n) is 25.1. The van der Waals surface area contributed by atoms with Gasteiger partial charge in [-0.2, -0.15) is 13.2 Å². The van der Waals surface area contributed by atoms with Gasteiger partial charge in [-0.25, -0.2) is 14.4 Å². The topological polar surface area (TPSA) is 103 Å². The molecular formula is C30H37F4N7O3. The second-order valence-corrected chi connectivity index (χ2v) is 11.7. The standard InChI is InChI=1S/C30H37F4N7O3/c1-17-14-41(15-18(2)39(17)3)25-11-23(31)20(19-5-7-40(8-6-19)26-12-28(44-4)37-16-36-26)9-24(25)38-29(43)21-13-35-27(42)10-22(21)30(32,33)34/h5,9,11-12,16-18,21-22H,6-8,10,13-15H2,1-4H3,(H,35,42)(H,38,43)/t17-,18+,21?,22?. The van der Waals surface area contributed by atoms with E-state index in [0.717, 1.165) is 0 Å². The van der Waals surface area contributed by atoms with E-state index >= 15 is 4.39 Å². The number of nitrogens with one attached hydrogen (secondary N) is 2. The van der Waals surface area contributed by atoms with Crippen LogP contribution in [-0.2, 0) is 9.59 Å². The van der Waals surface area contributed by atoms with Gasteiger partial charge in [0.05, 0.1) is 30.3 Å². The van der Waals surface area contributed by atoms with Gasteiger partial charge in [0, 0.05) is 62.9 Å². The molecule has 0 radical (unpaired) electrons. The molecule has 1 aromatic carbocycles. The normalized spacial score (nSPS) is 24.9. The van der Waals surface area contributed by atoms with Gasteiger partial charge in [0.25, 0.3) is 0 Å². The summed E-state index contributed by atoms with van der Waals surface area (Å²) in [5.41, 5.74) is 1.61. The van der Waals surface area contributed by atoms with Crippen molar-refractivity contribution in [2.24, 2.45) is 11.8 Å². The molecule has 4 atom stereocenters. The van der Waals surface area contributed by atoms with E-state index in [2.05, 4.69) is 25.5 Å². The van der Waals surface area contributed by atoms with E-state index < -0.39 is 48.6 Å². The van der Waals surface area contributed by atoms with Crippen LogP contribution in [-0.4, -0.2) is 91.8 Å². The number of piperidine rings is 1. The Hall–Kier alpha value is -3.94. The first-order valence-corrected chi connectivity index (χ1v) is 14.6. The van der Waals surface area contributed by atoms with E-state index in [9.17, 15) is 22.8 Å². The van der Waals surface area contributed by atoms with E-state index in [4.69, 9.17) is 4.74 Å². The van der Waals surface area contributed by atoms with Crippen molar-refractivity contribution in [3.63, 3.8) is 0 Å². The minimum atomic E-state index is -4.73. The first kappa shape index (κ1) is 31.5. The molecular weight excluding hydrogens is 582 g/mol. The number of hydrogen-bond donors (Lipinski definition) is 2. The monoisotopic (exact) mass is 619 g/mol. The minimum absolute atomic E-state index is 0.112. The number of piperazine rings is 1. The summed E-state index contributed by atoms with van der Waals surface area (Å²) in [7, 11) is 3.52. The Morgan fingerprint density at radius 1 is 1.11 bits per heavy atom. The molecule has 1 aromatic heterocycles. The van der Waals surface area contributed by atoms with Gasteiger partial charge in [-0.05, 0) is 45.0 Å². The van der Waals surface area contributed by atoms with Crippen molar-refractivity contribution >= 4 is 34.6 Å². The highest BCUT2D eigenvalue weighted by Gasteiger charge is 2.50. The fourth-order valence-electron chi connectivity index (χ4n) is 6.13. The number of anilines is 3. The zero-order valence-corrected chi connectivity index (χ0v) is 25.1. The Balaban J connectivity index is 1.47. The lowest BCUT2D eigenvalue weighted by molar-refractivity contribution is -0.197. The summed E-state index contributed by atoms with van der Waals surface area (Å²) in [6, 6.07) is 4.82. The fourth-order valence-corrected chi connectivity index (χ4v) is 6.13. The molecule has 14 heteroatoms. The van der Waals surface area contributed by atoms with Crippen LogP contribution in [0.1, 0.15) is 32.3 Å². The van der Waals surface area contributed by atoms with Crippen LogP contribution in [0, 0.1) is 17.7 Å². The van der Waals surface area contributed by atoms with Crippen molar-refractivity contribution in [3.05, 3.63) is 42.0 Å². The number of benzene rings is 1. The maximum Gasteiger partial charge on any atom is 0.393 e. The molecule has 2 fully saturated rings. The number of halogens is 4. The van der Waals surface area contributed by atoms with Crippen molar-refractivity contribution in [2.45, 2.75) is 44.9 Å². The number of likely N-dealkylation sites (N-methyl/N-ethyl adjacent to an activating group) is 1. The maximum atomic E-state index is 15.9. The van der Waals surface area contributed by atoms with E-state index in [0.29, 0.717) is 55.6 Å². The first-order chi connectivity index (χ1) is 20.8. The summed E-state index contributed by atoms with van der Waals surface area (Å²) in [5.74, 6) is -4.66. The van der Waals surface area contributed by atoms with Crippen LogP contribution in [0.5, 0.6) is 5.88 Å². The van der Waals surface area contributed by atoms with Crippen molar-refractivity contribution < 1.29 is 31.9 Å². The van der Waals surface area contributed by atoms with Crippen molar-refractivity contribution in [2.75, 3.05) is 62.0 Å². The molecule has 2 aromatic rings. The molecule has 238 valence electrons. The molecule has 5 rings (SSSR count). The van der Waals surface area contributed by atoms with Crippen molar-refractivity contribution in [1.82, 2.24) is 20.2 Å². The lowest BCUT2D eigenvalue weighted by atomic mass is 9.84. The number of amides is 2. The van der Waals surface area contributed by atoms with Crippen LogP contribution < -0.4 is 25.2 Å². The number of ether oxygens (including phenoxy) is 1. The number of hydrogen-bond acceptors (Lipinski definition) is 8. The highest BCUT2D eigenvalue weighted by atomic mass is 19.4. The molecule has 2 N–H and O–H groups in total. The average molecular weight is 620 g/mol. The number of methoxy groups -OCH3 is 1. The van der Waals surface area contributed by atoms with Gasteiger partial charge in [-0.3, -0.25) is 14.5 Å². The van der Waals surface area contributed by atoms with Gasteiger partial charge in [0.15, 0.2) is 0 Å². The molecule has 44 heavy (non-hydrogen) atoms. The number of aromatic nitrogens is 2. The molecule has 10 nitrogen and oxygen atoms in total. The van der Waals surface area contributed by atoms with Gasteiger partial charge in [0.2, 0.25) is 17.7 Å². The Labute approximate surface area is 253 Å². The third-order valence-electron chi connectivity index (χ3n) is 8.93. The highest BCUT2D eigenvalue weighted by molar-refractivity contribution is 5.98. The Morgan fingerprint density at radius 2 is 1.84 bits per heavy atom. The summed E-state index contributed by atoms with van der Waals surface area (Å²) in [4.78, 5) is 39.7. The molecule has 0 bridgehead atoms. The lowest BCUT2D eigenvalue weighted by Gasteiger charge is -2.44. The first-order valence-electron chi connectivity index (χ1n) is 14.6. The molecule has 0 aliphatic carbocycles. The second kappa shape index (κ2) is 12.6. The van der Waals surface area contributed by atoms with E-state index in [1.165, 1.54) is 25.6 Å². The predicted molar refractivity (Wildman–Crippen MR) is 158 cm³/mol. The Morgan fingerprint density at radius 3 is 2.48 bits per heavy atom. The molecule has 3 aliphatic rings. The van der Waals surface area contributed by atoms with Crippen LogP contribution in [0.15, 0.2) is 30.6 Å². The Bertz CT molecular complexity index is 1420. The maximum absolute atomic E-state index is 15.9. The molecule has 0 spiro atoms. The van der Waals surface area contributed by atoms with Crippen LogP contribution in [0.25, 0.3) is 5.57 Å². The third-order valence-corrected chi connectivity index (χ3v) is 8.93. The van der Waals surface area contributed by atoms with Gasteiger partial charge >= 0.3 is 6.18 Å². The van der Waals surface area contributed by atoms with Crippen LogP contribution >= 0.6 is 0 Å². The van der Waals surface area contributed by atoms with Crippen LogP contribution in [0.2, 0.25) is 0 Å². The quantitative estimate of drug-likeness (QED) is 0.473. The number of carbonyl (C=O) groups is 2. The summed E-state index contributed by atoms with van der Waals surface area (Å²) < 4.78 is 62.7. The second-order valence-electron chi connectivity index (χ2n) is 11.7. The SMILES string of the molecule is COc1cc(N2CC=C(c3cc(NC(=O)C4CNC(=O)CC4C(F)(F)F)c(N4C[C@@H](C)N(C)[C@@H](C)C4)cc3F)CC2)ncn1. The number of carbonyl (C=O) groups excluding carboxylic acids is 2. The zero-order chi connectivity index (χ0) is 31.8. The lowest BCUT2D eigenvalue weighted by Crippen LogP contribution is -2.55. The summed E-state index contributed by atoms with van der Waals surface area (Å²) >= 11 is 0. The third kappa shape index (κ3) is 6.59. The summed E-state index contributed by atoms with van der Waals surface area (Å²) in [5, 5.41) is 5.09. The molecule has 3 aliphatic heterocycles. The van der Waals surface area contributed by atoms with E-state index in [-0.39, 0.29) is 23.3 Å². The summed E-state index contributed by atoms with van der Waals surface area (Å²) in [6.45, 7) is 5.67. The highest BCUT2D eigenvalue weighted by Crippen LogP contribution is 2.39. The largest absolute Gasteiger partial charge is 0.481 e. The minimum Gasteiger partial charge on any atom is -0.481 e. The van der Waals surface area contributed by atoms with Gasteiger partial charge in [0.1, 0.15) is 18.0 Å². The molecule has 0 saturated carbocycles. The molecule has 2 unspecified atom stereocenters. The van der Waals surface area contributed by atoms with Gasteiger partial charge < -0.3 is 25.2 Å². The Kier molecular flexibility index (Phi) is 9.00. The smallest absolute Gasteiger partial charge is 0.393 e. The van der Waals surface area contributed by atoms with Crippen molar-refractivity contribution in [3.8, 4) is 5.88 Å². The van der Waals surface area contributed by atoms with Gasteiger partial charge in [-0.15, -0.1) is 0 Å². The fraction of sp³-hybridized carbons (Fsp3) is 0.533. The number of nitrogens with zero attached hydrogens (tertiary/aromatic N) is 5. The van der Waals surface area contributed by atoms with Crippen molar-refractivity contribution in [1.29, 1.82) is 0 Å². The van der Waals surface area contributed by atoms with Gasteiger partial charge in [-0.1, -0.05) is 6.08 Å². The number of alkyl halides is 3. The average Bonchev–Trinajstić information content (AvgIpc) is 3.00. The predicted octanol–water partition coefficient (Wildman–Crippen LogP) is 3.70. The van der Waals surface area contributed by atoms with E-state index in [1.807, 2.05) is 36.8 Å². The molecule has 4 heterocycles. The summed E-state index contributed by atoms with van der Waals surface area (Å²) in [6.07, 6.45) is -1.81. The van der Waals surface area contributed by atoms with Crippen LogP contribution in [0.4, 0.5) is 34.8 Å². The van der Waals surface area contributed by atoms with Crippen LogP contribution in [0.3, 0.4) is 0 Å². The molecule has 2 amide bonds. The molecule has 2 saturated heterocycles. The van der Waals surface area contributed by atoms with E-state index in [1.54, 1.807) is 6.07 Å².